The van der Waals surface area contributed by atoms with E-state index in [-0.39, 0.29) is 0 Å². The zero-order valence-electron chi connectivity index (χ0n) is 10.6. The summed E-state index contributed by atoms with van der Waals surface area (Å²) in [6.07, 6.45) is 6.17. The molecule has 3 unspecified atom stereocenters. The van der Waals surface area contributed by atoms with Gasteiger partial charge in [0.05, 0.1) is 5.41 Å². The second-order valence-electron chi connectivity index (χ2n) is 6.03. The highest BCUT2D eigenvalue weighted by molar-refractivity contribution is 5.76. The molecule has 1 N–H and O–H groups in total. The van der Waals surface area contributed by atoms with Crippen molar-refractivity contribution in [1.82, 2.24) is 0 Å². The van der Waals surface area contributed by atoms with Gasteiger partial charge >= 0.3 is 5.97 Å². The summed E-state index contributed by atoms with van der Waals surface area (Å²) in [4.78, 5) is 11.7. The average molecular weight is 244 g/mol. The van der Waals surface area contributed by atoms with Crippen molar-refractivity contribution >= 4 is 5.97 Å². The van der Waals surface area contributed by atoms with Crippen LogP contribution in [0.5, 0.6) is 0 Å². The van der Waals surface area contributed by atoms with Crippen LogP contribution in [-0.4, -0.2) is 11.1 Å². The van der Waals surface area contributed by atoms with Crippen molar-refractivity contribution in [3.63, 3.8) is 0 Å². The highest BCUT2D eigenvalue weighted by Crippen LogP contribution is 2.58. The molecular formula is C16H20O2. The summed E-state index contributed by atoms with van der Waals surface area (Å²) in [5, 5.41) is 9.66. The molecule has 0 saturated heterocycles. The van der Waals surface area contributed by atoms with E-state index in [1.807, 2.05) is 18.2 Å². The van der Waals surface area contributed by atoms with E-state index in [0.29, 0.717) is 11.8 Å². The van der Waals surface area contributed by atoms with Crippen molar-refractivity contribution in [3.8, 4) is 0 Å². The molecule has 1 aromatic carbocycles. The maximum Gasteiger partial charge on any atom is 0.309 e. The van der Waals surface area contributed by atoms with Gasteiger partial charge < -0.3 is 5.11 Å². The van der Waals surface area contributed by atoms with Crippen LogP contribution in [0.25, 0.3) is 0 Å². The lowest BCUT2D eigenvalue weighted by atomic mass is 9.70. The Kier molecular flexibility index (Phi) is 2.89. The Hall–Kier alpha value is -1.31. The third-order valence-electron chi connectivity index (χ3n) is 5.10. The molecule has 0 radical (unpaired) electrons. The molecule has 96 valence electrons. The largest absolute Gasteiger partial charge is 0.481 e. The molecule has 0 spiro atoms. The minimum absolute atomic E-state index is 0.418. The number of aryl methyl sites for hydroxylation is 1. The highest BCUT2D eigenvalue weighted by atomic mass is 16.4. The number of rotatable bonds is 4. The molecule has 1 aromatic rings. The van der Waals surface area contributed by atoms with Crippen LogP contribution < -0.4 is 0 Å². The van der Waals surface area contributed by atoms with E-state index < -0.39 is 11.4 Å². The summed E-state index contributed by atoms with van der Waals surface area (Å²) >= 11 is 0. The molecule has 2 aliphatic carbocycles. The van der Waals surface area contributed by atoms with E-state index >= 15 is 0 Å². The van der Waals surface area contributed by atoms with Gasteiger partial charge in [0.1, 0.15) is 0 Å². The van der Waals surface area contributed by atoms with Crippen molar-refractivity contribution in [1.29, 1.82) is 0 Å². The quantitative estimate of drug-likeness (QED) is 0.880. The van der Waals surface area contributed by atoms with Crippen LogP contribution in [0, 0.1) is 17.3 Å². The number of carboxylic acid groups (broad SMARTS) is 1. The Morgan fingerprint density at radius 2 is 2.06 bits per heavy atom. The second-order valence-corrected chi connectivity index (χ2v) is 6.03. The van der Waals surface area contributed by atoms with Gasteiger partial charge in [0.2, 0.25) is 0 Å². The van der Waals surface area contributed by atoms with Gasteiger partial charge in [-0.2, -0.15) is 0 Å². The Morgan fingerprint density at radius 1 is 1.28 bits per heavy atom. The van der Waals surface area contributed by atoms with Crippen molar-refractivity contribution in [3.05, 3.63) is 35.9 Å². The Balaban J connectivity index is 1.74. The van der Waals surface area contributed by atoms with Crippen LogP contribution in [0.15, 0.2) is 30.3 Å². The molecule has 2 bridgehead atoms. The summed E-state index contributed by atoms with van der Waals surface area (Å²) in [5.74, 6) is 0.566. The molecule has 0 heterocycles. The summed E-state index contributed by atoms with van der Waals surface area (Å²) in [6.45, 7) is 0. The van der Waals surface area contributed by atoms with Gasteiger partial charge in [-0.1, -0.05) is 36.8 Å². The minimum Gasteiger partial charge on any atom is -0.481 e. The van der Waals surface area contributed by atoms with Crippen LogP contribution in [-0.2, 0) is 11.2 Å². The summed E-state index contributed by atoms with van der Waals surface area (Å²) in [5.41, 5.74) is 0.847. The molecule has 2 aliphatic rings. The molecule has 3 atom stereocenters. The maximum atomic E-state index is 11.7. The van der Waals surface area contributed by atoms with Crippen LogP contribution in [0.3, 0.4) is 0 Å². The molecule has 3 rings (SSSR count). The lowest BCUT2D eigenvalue weighted by Crippen LogP contribution is -2.37. The highest BCUT2D eigenvalue weighted by Gasteiger charge is 2.55. The first-order valence-corrected chi connectivity index (χ1v) is 6.98. The van der Waals surface area contributed by atoms with Crippen LogP contribution in [0.4, 0.5) is 0 Å². The number of hydrogen-bond donors (Lipinski definition) is 1. The van der Waals surface area contributed by atoms with E-state index in [1.54, 1.807) is 0 Å². The average Bonchev–Trinajstić information content (AvgIpc) is 2.98. The summed E-state index contributed by atoms with van der Waals surface area (Å²) in [7, 11) is 0. The maximum absolute atomic E-state index is 11.7. The van der Waals surface area contributed by atoms with Crippen molar-refractivity contribution < 1.29 is 9.90 Å². The zero-order chi connectivity index (χ0) is 12.6. The van der Waals surface area contributed by atoms with E-state index in [1.165, 1.54) is 12.0 Å². The minimum atomic E-state index is -0.550. The first-order valence-electron chi connectivity index (χ1n) is 6.98. The number of hydrogen-bond acceptors (Lipinski definition) is 1. The molecular weight excluding hydrogens is 224 g/mol. The summed E-state index contributed by atoms with van der Waals surface area (Å²) < 4.78 is 0. The van der Waals surface area contributed by atoms with Crippen molar-refractivity contribution in [2.24, 2.45) is 17.3 Å². The molecule has 0 aliphatic heterocycles. The first kappa shape index (κ1) is 11.8. The fourth-order valence-electron chi connectivity index (χ4n) is 4.13. The molecule has 0 aromatic heterocycles. The van der Waals surface area contributed by atoms with Gasteiger partial charge in [-0.05, 0) is 49.5 Å². The van der Waals surface area contributed by atoms with Gasteiger partial charge in [0.25, 0.3) is 0 Å². The van der Waals surface area contributed by atoms with Gasteiger partial charge in [-0.25, -0.2) is 0 Å². The second kappa shape index (κ2) is 4.42. The van der Waals surface area contributed by atoms with E-state index in [9.17, 15) is 9.90 Å². The number of carbonyl (C=O) groups is 1. The van der Waals surface area contributed by atoms with Gasteiger partial charge in [-0.3, -0.25) is 4.79 Å². The first-order chi connectivity index (χ1) is 8.71. The molecule has 18 heavy (non-hydrogen) atoms. The van der Waals surface area contributed by atoms with E-state index in [0.717, 1.165) is 32.1 Å². The van der Waals surface area contributed by atoms with Crippen molar-refractivity contribution in [2.75, 3.05) is 0 Å². The van der Waals surface area contributed by atoms with Gasteiger partial charge in [-0.15, -0.1) is 0 Å². The van der Waals surface area contributed by atoms with Gasteiger partial charge in [0, 0.05) is 0 Å². The fraction of sp³-hybridized carbons (Fsp3) is 0.562. The number of fused-ring (bicyclic) bond motifs is 2. The number of benzene rings is 1. The number of aliphatic carboxylic acids is 1. The van der Waals surface area contributed by atoms with Crippen LogP contribution >= 0.6 is 0 Å². The predicted molar refractivity (Wildman–Crippen MR) is 70.3 cm³/mol. The van der Waals surface area contributed by atoms with Gasteiger partial charge in [0.15, 0.2) is 0 Å². The molecule has 0 amide bonds. The topological polar surface area (TPSA) is 37.3 Å². The standard InChI is InChI=1S/C16H20O2/c17-15(18)16(11-13-6-7-14(16)10-13)9-8-12-4-2-1-3-5-12/h1-5,13-14H,6-11H2,(H,17,18). The third-order valence-corrected chi connectivity index (χ3v) is 5.10. The SMILES string of the molecule is O=C(O)C1(CCc2ccccc2)CC2CCC1C2. The van der Waals surface area contributed by atoms with Crippen LogP contribution in [0.2, 0.25) is 0 Å². The zero-order valence-corrected chi connectivity index (χ0v) is 10.6. The Morgan fingerprint density at radius 3 is 2.61 bits per heavy atom. The summed E-state index contributed by atoms with van der Waals surface area (Å²) in [6, 6.07) is 10.3. The molecule has 2 heteroatoms. The van der Waals surface area contributed by atoms with Crippen LogP contribution in [0.1, 0.15) is 37.7 Å². The third kappa shape index (κ3) is 1.84. The molecule has 2 saturated carbocycles. The Labute approximate surface area is 108 Å². The lowest BCUT2D eigenvalue weighted by molar-refractivity contribution is -0.153. The molecule has 2 fully saturated rings. The normalized spacial score (nSPS) is 33.8. The predicted octanol–water partition coefficient (Wildman–Crippen LogP) is 3.51. The molecule has 2 nitrogen and oxygen atoms in total. The van der Waals surface area contributed by atoms with E-state index in [2.05, 4.69) is 12.1 Å². The van der Waals surface area contributed by atoms with E-state index in [4.69, 9.17) is 0 Å². The Bertz CT molecular complexity index is 440. The number of carboxylic acids is 1. The monoisotopic (exact) mass is 244 g/mol. The smallest absolute Gasteiger partial charge is 0.309 e. The lowest BCUT2D eigenvalue weighted by Gasteiger charge is -2.33. The fourth-order valence-corrected chi connectivity index (χ4v) is 4.13. The van der Waals surface area contributed by atoms with Crippen molar-refractivity contribution in [2.45, 2.75) is 38.5 Å².